The zero-order valence-corrected chi connectivity index (χ0v) is 14.0. The van der Waals surface area contributed by atoms with Gasteiger partial charge < -0.3 is 19.9 Å². The van der Waals surface area contributed by atoms with E-state index in [1.54, 1.807) is 14.2 Å². The summed E-state index contributed by atoms with van der Waals surface area (Å²) in [5.41, 5.74) is -0.515. The number of carbonyl (C=O) groups excluding carboxylic acids is 1. The van der Waals surface area contributed by atoms with Gasteiger partial charge in [0.15, 0.2) is 11.2 Å². The van der Waals surface area contributed by atoms with E-state index in [1.165, 1.54) is 22.5 Å². The van der Waals surface area contributed by atoms with Gasteiger partial charge in [0.1, 0.15) is 6.54 Å². The fourth-order valence-corrected chi connectivity index (χ4v) is 2.32. The number of hydrogen-bond donors (Lipinski definition) is 2. The molecule has 0 saturated heterocycles. The molecule has 10 heteroatoms. The molecule has 1 amide bonds. The van der Waals surface area contributed by atoms with Crippen LogP contribution in [0.4, 0.5) is 0 Å². The first-order chi connectivity index (χ1) is 11.5. The molecule has 0 saturated carbocycles. The van der Waals surface area contributed by atoms with Crippen molar-refractivity contribution in [1.82, 2.24) is 29.3 Å². The normalized spacial score (nSPS) is 11.1. The van der Waals surface area contributed by atoms with Crippen molar-refractivity contribution in [2.75, 3.05) is 33.4 Å². The molecule has 10 nitrogen and oxygen atoms in total. The molecule has 2 aromatic rings. The monoisotopic (exact) mass is 338 g/mol. The van der Waals surface area contributed by atoms with Crippen LogP contribution in [0.5, 0.6) is 0 Å². The van der Waals surface area contributed by atoms with Gasteiger partial charge in [0.05, 0.1) is 12.9 Å². The maximum atomic E-state index is 12.4. The fourth-order valence-electron chi connectivity index (χ4n) is 2.32. The second-order valence-electron chi connectivity index (χ2n) is 5.35. The molecule has 2 aromatic heterocycles. The van der Waals surface area contributed by atoms with E-state index in [-0.39, 0.29) is 12.1 Å². The van der Waals surface area contributed by atoms with Crippen LogP contribution in [0.3, 0.4) is 0 Å². The zero-order valence-electron chi connectivity index (χ0n) is 14.0. The first kappa shape index (κ1) is 17.9. The van der Waals surface area contributed by atoms with E-state index in [2.05, 4.69) is 15.6 Å². The molecule has 2 heterocycles. The van der Waals surface area contributed by atoms with E-state index in [4.69, 9.17) is 4.74 Å². The molecule has 0 aliphatic carbocycles. The Balaban J connectivity index is 2.07. The first-order valence-electron chi connectivity index (χ1n) is 7.54. The van der Waals surface area contributed by atoms with Crippen LogP contribution in [0, 0.1) is 0 Å². The molecule has 24 heavy (non-hydrogen) atoms. The minimum absolute atomic E-state index is 0.283. The number of imidazole rings is 1. The van der Waals surface area contributed by atoms with E-state index >= 15 is 0 Å². The predicted molar refractivity (Wildman–Crippen MR) is 88.0 cm³/mol. The van der Waals surface area contributed by atoms with Crippen molar-refractivity contribution < 1.29 is 9.53 Å². The highest BCUT2D eigenvalue weighted by atomic mass is 16.5. The van der Waals surface area contributed by atoms with Crippen molar-refractivity contribution in [1.29, 1.82) is 0 Å². The molecule has 0 radical (unpaired) electrons. The highest BCUT2D eigenvalue weighted by Gasteiger charge is 2.16. The summed E-state index contributed by atoms with van der Waals surface area (Å²) in [6.07, 6.45) is 1.46. The maximum Gasteiger partial charge on any atom is 0.332 e. The Morgan fingerprint density at radius 2 is 2.00 bits per heavy atom. The average molecular weight is 338 g/mol. The van der Waals surface area contributed by atoms with E-state index in [9.17, 15) is 14.4 Å². The predicted octanol–water partition coefficient (Wildman–Crippen LogP) is -2.21. The van der Waals surface area contributed by atoms with Gasteiger partial charge in [-0.25, -0.2) is 14.3 Å². The van der Waals surface area contributed by atoms with E-state index in [0.29, 0.717) is 31.9 Å². The molecule has 0 aliphatic heterocycles. The lowest BCUT2D eigenvalue weighted by molar-refractivity contribution is -0.121. The molecule has 0 fully saturated rings. The summed E-state index contributed by atoms with van der Waals surface area (Å²) >= 11 is 0. The Morgan fingerprint density at radius 3 is 2.71 bits per heavy atom. The van der Waals surface area contributed by atoms with Gasteiger partial charge in [0, 0.05) is 40.8 Å². The van der Waals surface area contributed by atoms with Crippen molar-refractivity contribution in [3.05, 3.63) is 27.2 Å². The summed E-state index contributed by atoms with van der Waals surface area (Å²) in [4.78, 5) is 40.7. The molecule has 132 valence electrons. The van der Waals surface area contributed by atoms with E-state index in [1.807, 2.05) is 0 Å². The quantitative estimate of drug-likeness (QED) is 0.528. The van der Waals surface area contributed by atoms with Gasteiger partial charge >= 0.3 is 5.69 Å². The third-order valence-electron chi connectivity index (χ3n) is 3.61. The summed E-state index contributed by atoms with van der Waals surface area (Å²) in [7, 11) is 4.79. The number of aryl methyl sites for hydroxylation is 2. The molecule has 0 atom stereocenters. The Morgan fingerprint density at radius 1 is 1.25 bits per heavy atom. The second-order valence-corrected chi connectivity index (χ2v) is 5.35. The van der Waals surface area contributed by atoms with Crippen molar-refractivity contribution in [2.24, 2.45) is 14.1 Å². The molecule has 2 N–H and O–H groups in total. The van der Waals surface area contributed by atoms with Crippen LogP contribution in [-0.2, 0) is 30.2 Å². The molecular weight excluding hydrogens is 316 g/mol. The van der Waals surface area contributed by atoms with Gasteiger partial charge in [-0.3, -0.25) is 14.2 Å². The number of amides is 1. The maximum absolute atomic E-state index is 12.4. The van der Waals surface area contributed by atoms with Crippen LogP contribution in [0.2, 0.25) is 0 Å². The third kappa shape index (κ3) is 3.71. The van der Waals surface area contributed by atoms with Crippen molar-refractivity contribution in [3.63, 3.8) is 0 Å². The zero-order chi connectivity index (χ0) is 17.7. The van der Waals surface area contributed by atoms with Crippen molar-refractivity contribution in [2.45, 2.75) is 6.54 Å². The van der Waals surface area contributed by atoms with E-state index < -0.39 is 17.2 Å². The molecule has 0 bridgehead atoms. The van der Waals surface area contributed by atoms with Crippen molar-refractivity contribution in [3.8, 4) is 0 Å². The van der Waals surface area contributed by atoms with Crippen LogP contribution in [0.1, 0.15) is 0 Å². The molecular formula is C14H22N6O4. The third-order valence-corrected chi connectivity index (χ3v) is 3.61. The average Bonchev–Trinajstić information content (AvgIpc) is 2.94. The number of nitrogens with zero attached hydrogens (tertiary/aromatic N) is 4. The summed E-state index contributed by atoms with van der Waals surface area (Å²) < 4.78 is 8.60. The first-order valence-corrected chi connectivity index (χ1v) is 7.54. The lowest BCUT2D eigenvalue weighted by Crippen LogP contribution is -2.44. The SMILES string of the molecule is COCCNCCNC(=O)Cn1c(=O)c2c(ncn2C)n(C)c1=O. The van der Waals surface area contributed by atoms with Gasteiger partial charge in [0.25, 0.3) is 5.56 Å². The summed E-state index contributed by atoms with van der Waals surface area (Å²) in [5, 5.41) is 5.75. The molecule has 0 aliphatic rings. The van der Waals surface area contributed by atoms with Crippen LogP contribution in [-0.4, -0.2) is 57.9 Å². The van der Waals surface area contributed by atoms with Gasteiger partial charge in [-0.05, 0) is 0 Å². The number of carbonyl (C=O) groups is 1. The standard InChI is InChI=1S/C14H22N6O4/c1-18-9-17-12-11(18)13(22)20(14(23)19(12)2)8-10(21)16-5-4-15-6-7-24-3/h9,15H,4-8H2,1-3H3,(H,16,21). The lowest BCUT2D eigenvalue weighted by atomic mass is 10.4. The van der Waals surface area contributed by atoms with Gasteiger partial charge in [-0.1, -0.05) is 0 Å². The minimum Gasteiger partial charge on any atom is -0.383 e. The molecule has 2 rings (SSSR count). The Kier molecular flexibility index (Phi) is 5.88. The highest BCUT2D eigenvalue weighted by Crippen LogP contribution is 2.02. The summed E-state index contributed by atoms with van der Waals surface area (Å²) in [6, 6.07) is 0. The fraction of sp³-hybridized carbons (Fsp3) is 0.571. The number of ether oxygens (including phenoxy) is 1. The highest BCUT2D eigenvalue weighted by molar-refractivity contribution is 5.76. The van der Waals surface area contributed by atoms with Crippen LogP contribution >= 0.6 is 0 Å². The van der Waals surface area contributed by atoms with Gasteiger partial charge in [0.2, 0.25) is 5.91 Å². The van der Waals surface area contributed by atoms with Crippen LogP contribution in [0.15, 0.2) is 15.9 Å². The minimum atomic E-state index is -0.570. The molecule has 0 spiro atoms. The van der Waals surface area contributed by atoms with Gasteiger partial charge in [-0.15, -0.1) is 0 Å². The number of methoxy groups -OCH3 is 1. The van der Waals surface area contributed by atoms with Crippen molar-refractivity contribution >= 4 is 17.1 Å². The second kappa shape index (κ2) is 7.88. The number of rotatable bonds is 8. The van der Waals surface area contributed by atoms with Gasteiger partial charge in [-0.2, -0.15) is 0 Å². The van der Waals surface area contributed by atoms with Crippen LogP contribution in [0.25, 0.3) is 11.2 Å². The largest absolute Gasteiger partial charge is 0.383 e. The smallest absolute Gasteiger partial charge is 0.332 e. The number of nitrogens with one attached hydrogen (secondary N) is 2. The molecule has 0 unspecified atom stereocenters. The number of hydrogen-bond acceptors (Lipinski definition) is 6. The van der Waals surface area contributed by atoms with E-state index in [0.717, 1.165) is 4.57 Å². The lowest BCUT2D eigenvalue weighted by Gasteiger charge is -2.09. The summed E-state index contributed by atoms with van der Waals surface area (Å²) in [5.74, 6) is -0.399. The molecule has 0 aromatic carbocycles. The topological polar surface area (TPSA) is 112 Å². The Labute approximate surface area is 138 Å². The number of fused-ring (bicyclic) bond motifs is 1. The Bertz CT molecular complexity index is 834. The Hall–Kier alpha value is -2.46. The number of aromatic nitrogens is 4. The van der Waals surface area contributed by atoms with Crippen LogP contribution < -0.4 is 21.9 Å². The summed E-state index contributed by atoms with van der Waals surface area (Å²) in [6.45, 7) is 1.91.